The SMILES string of the molecule is CCC(CO)NC(=O)c1ccn(-c2cccc([N+](=O)[O-])c2)n1. The molecule has 0 aliphatic heterocycles. The summed E-state index contributed by atoms with van der Waals surface area (Å²) in [6, 6.07) is 7.15. The van der Waals surface area contributed by atoms with Crippen LogP contribution in [0.3, 0.4) is 0 Å². The summed E-state index contributed by atoms with van der Waals surface area (Å²) in [5, 5.41) is 26.6. The van der Waals surface area contributed by atoms with Crippen LogP contribution in [0.2, 0.25) is 0 Å². The van der Waals surface area contributed by atoms with Gasteiger partial charge in [-0.2, -0.15) is 5.10 Å². The highest BCUT2D eigenvalue weighted by molar-refractivity contribution is 5.92. The summed E-state index contributed by atoms with van der Waals surface area (Å²) in [5.74, 6) is -0.398. The van der Waals surface area contributed by atoms with Gasteiger partial charge >= 0.3 is 0 Å². The maximum absolute atomic E-state index is 12.0. The zero-order valence-corrected chi connectivity index (χ0v) is 12.0. The largest absolute Gasteiger partial charge is 0.394 e. The van der Waals surface area contributed by atoms with E-state index in [2.05, 4.69) is 10.4 Å². The number of amides is 1. The number of hydrogen-bond acceptors (Lipinski definition) is 5. The summed E-state index contributed by atoms with van der Waals surface area (Å²) >= 11 is 0. The van der Waals surface area contributed by atoms with E-state index in [1.807, 2.05) is 6.92 Å². The van der Waals surface area contributed by atoms with Crippen molar-refractivity contribution in [2.75, 3.05) is 6.61 Å². The molecule has 0 radical (unpaired) electrons. The first-order chi connectivity index (χ1) is 10.5. The van der Waals surface area contributed by atoms with E-state index in [0.717, 1.165) is 0 Å². The zero-order valence-electron chi connectivity index (χ0n) is 12.0. The summed E-state index contributed by atoms with van der Waals surface area (Å²) in [4.78, 5) is 22.3. The maximum Gasteiger partial charge on any atom is 0.272 e. The van der Waals surface area contributed by atoms with Gasteiger partial charge in [0.2, 0.25) is 0 Å². The second-order valence-corrected chi connectivity index (χ2v) is 4.68. The van der Waals surface area contributed by atoms with Gasteiger partial charge in [0.15, 0.2) is 5.69 Å². The Hall–Kier alpha value is -2.74. The van der Waals surface area contributed by atoms with Gasteiger partial charge in [-0.3, -0.25) is 14.9 Å². The molecular formula is C14H16N4O4. The molecule has 0 bridgehead atoms. The summed E-state index contributed by atoms with van der Waals surface area (Å²) < 4.78 is 1.39. The van der Waals surface area contributed by atoms with Gasteiger partial charge in [0.1, 0.15) is 0 Å². The van der Waals surface area contributed by atoms with E-state index in [4.69, 9.17) is 5.11 Å². The van der Waals surface area contributed by atoms with Crippen molar-refractivity contribution < 1.29 is 14.8 Å². The number of aromatic nitrogens is 2. The molecule has 0 saturated heterocycles. The molecule has 1 unspecified atom stereocenters. The van der Waals surface area contributed by atoms with Crippen molar-refractivity contribution in [2.24, 2.45) is 0 Å². The van der Waals surface area contributed by atoms with Gasteiger partial charge in [-0.15, -0.1) is 0 Å². The number of nitrogens with zero attached hydrogens (tertiary/aromatic N) is 3. The first kappa shape index (κ1) is 15.6. The molecule has 8 heteroatoms. The summed E-state index contributed by atoms with van der Waals surface area (Å²) in [5.41, 5.74) is 0.617. The van der Waals surface area contributed by atoms with Gasteiger partial charge in [0.25, 0.3) is 11.6 Å². The third-order valence-corrected chi connectivity index (χ3v) is 3.18. The number of nitro benzene ring substituents is 1. The Morgan fingerprint density at radius 1 is 1.50 bits per heavy atom. The molecule has 116 valence electrons. The summed E-state index contributed by atoms with van der Waals surface area (Å²) in [6.07, 6.45) is 2.15. The smallest absolute Gasteiger partial charge is 0.272 e. The average molecular weight is 304 g/mol. The van der Waals surface area contributed by atoms with E-state index < -0.39 is 10.8 Å². The molecule has 0 saturated carbocycles. The van der Waals surface area contributed by atoms with Crippen LogP contribution in [0.4, 0.5) is 5.69 Å². The van der Waals surface area contributed by atoms with E-state index in [9.17, 15) is 14.9 Å². The van der Waals surface area contributed by atoms with Crippen LogP contribution in [-0.2, 0) is 0 Å². The predicted molar refractivity (Wildman–Crippen MR) is 78.8 cm³/mol. The summed E-state index contributed by atoms with van der Waals surface area (Å²) in [7, 11) is 0. The minimum atomic E-state index is -0.492. The Morgan fingerprint density at radius 2 is 2.27 bits per heavy atom. The number of nitrogens with one attached hydrogen (secondary N) is 1. The molecule has 0 spiro atoms. The van der Waals surface area contributed by atoms with Crippen LogP contribution < -0.4 is 5.32 Å². The fraction of sp³-hybridized carbons (Fsp3) is 0.286. The number of rotatable bonds is 6. The average Bonchev–Trinajstić information content (AvgIpc) is 3.02. The van der Waals surface area contributed by atoms with Gasteiger partial charge in [0, 0.05) is 18.3 Å². The number of carbonyl (C=O) groups is 1. The predicted octanol–water partition coefficient (Wildman–Crippen LogP) is 1.28. The molecule has 2 rings (SSSR count). The molecule has 1 atom stereocenters. The molecule has 1 amide bonds. The minimum Gasteiger partial charge on any atom is -0.394 e. The summed E-state index contributed by atoms with van der Waals surface area (Å²) in [6.45, 7) is 1.71. The van der Waals surface area contributed by atoms with Crippen molar-refractivity contribution in [3.63, 3.8) is 0 Å². The lowest BCUT2D eigenvalue weighted by Crippen LogP contribution is -2.37. The fourth-order valence-electron chi connectivity index (χ4n) is 1.87. The van der Waals surface area contributed by atoms with Crippen molar-refractivity contribution in [1.82, 2.24) is 15.1 Å². The number of hydrogen-bond donors (Lipinski definition) is 2. The van der Waals surface area contributed by atoms with Crippen LogP contribution >= 0.6 is 0 Å². The van der Waals surface area contributed by atoms with Crippen molar-refractivity contribution in [3.05, 3.63) is 52.3 Å². The highest BCUT2D eigenvalue weighted by atomic mass is 16.6. The third kappa shape index (κ3) is 3.47. The number of carbonyl (C=O) groups excluding carboxylic acids is 1. The van der Waals surface area contributed by atoms with E-state index in [1.165, 1.54) is 22.9 Å². The highest BCUT2D eigenvalue weighted by Crippen LogP contribution is 2.16. The lowest BCUT2D eigenvalue weighted by atomic mass is 10.2. The number of aliphatic hydroxyl groups excluding tert-OH is 1. The van der Waals surface area contributed by atoms with Crippen LogP contribution in [0.25, 0.3) is 5.69 Å². The van der Waals surface area contributed by atoms with E-state index in [-0.39, 0.29) is 24.0 Å². The highest BCUT2D eigenvalue weighted by Gasteiger charge is 2.15. The van der Waals surface area contributed by atoms with Crippen LogP contribution in [0.5, 0.6) is 0 Å². The van der Waals surface area contributed by atoms with Crippen LogP contribution in [0.15, 0.2) is 36.5 Å². The Morgan fingerprint density at radius 3 is 2.91 bits per heavy atom. The second kappa shape index (κ2) is 6.81. The van der Waals surface area contributed by atoms with Gasteiger partial charge in [0.05, 0.1) is 23.3 Å². The Kier molecular flexibility index (Phi) is 4.84. The minimum absolute atomic E-state index is 0.0506. The van der Waals surface area contributed by atoms with Crippen molar-refractivity contribution in [1.29, 1.82) is 0 Å². The van der Waals surface area contributed by atoms with Gasteiger partial charge < -0.3 is 10.4 Å². The Labute approximate surface area is 126 Å². The standard InChI is InChI=1S/C14H16N4O4/c1-2-10(9-19)15-14(20)13-6-7-17(16-13)11-4-3-5-12(8-11)18(21)22/h3-8,10,19H,2,9H2,1H3,(H,15,20). The maximum atomic E-state index is 12.0. The number of benzene rings is 1. The molecule has 0 aliphatic carbocycles. The quantitative estimate of drug-likeness (QED) is 0.617. The molecule has 0 fully saturated rings. The number of nitro groups is 1. The van der Waals surface area contributed by atoms with Crippen LogP contribution in [0, 0.1) is 10.1 Å². The molecule has 2 aromatic rings. The van der Waals surface area contributed by atoms with E-state index in [1.54, 1.807) is 18.3 Å². The van der Waals surface area contributed by atoms with Crippen molar-refractivity contribution in [3.8, 4) is 5.69 Å². The van der Waals surface area contributed by atoms with Crippen molar-refractivity contribution >= 4 is 11.6 Å². The molecular weight excluding hydrogens is 288 g/mol. The van der Waals surface area contributed by atoms with Crippen LogP contribution in [-0.4, -0.2) is 38.4 Å². The normalized spacial score (nSPS) is 11.9. The topological polar surface area (TPSA) is 110 Å². The second-order valence-electron chi connectivity index (χ2n) is 4.68. The van der Waals surface area contributed by atoms with Gasteiger partial charge in [-0.1, -0.05) is 13.0 Å². The lowest BCUT2D eigenvalue weighted by molar-refractivity contribution is -0.384. The molecule has 1 heterocycles. The molecule has 1 aromatic carbocycles. The van der Waals surface area contributed by atoms with Gasteiger partial charge in [-0.25, -0.2) is 4.68 Å². The van der Waals surface area contributed by atoms with Gasteiger partial charge in [-0.05, 0) is 18.6 Å². The number of non-ortho nitro benzene ring substituents is 1. The zero-order chi connectivity index (χ0) is 16.1. The third-order valence-electron chi connectivity index (χ3n) is 3.18. The van der Waals surface area contributed by atoms with Crippen molar-refractivity contribution in [2.45, 2.75) is 19.4 Å². The molecule has 2 N–H and O–H groups in total. The fourth-order valence-corrected chi connectivity index (χ4v) is 1.87. The van der Waals surface area contributed by atoms with E-state index >= 15 is 0 Å². The number of aliphatic hydroxyl groups is 1. The van der Waals surface area contributed by atoms with E-state index in [0.29, 0.717) is 12.1 Å². The van der Waals surface area contributed by atoms with Crippen LogP contribution in [0.1, 0.15) is 23.8 Å². The Balaban J connectivity index is 2.19. The lowest BCUT2D eigenvalue weighted by Gasteiger charge is -2.12. The first-order valence-electron chi connectivity index (χ1n) is 6.77. The first-order valence-corrected chi connectivity index (χ1v) is 6.77. The monoisotopic (exact) mass is 304 g/mol. The molecule has 0 aliphatic rings. The molecule has 22 heavy (non-hydrogen) atoms. The Bertz CT molecular complexity index is 679. The molecule has 8 nitrogen and oxygen atoms in total. The molecule has 1 aromatic heterocycles.